The lowest BCUT2D eigenvalue weighted by Crippen LogP contribution is -2.42. The summed E-state index contributed by atoms with van der Waals surface area (Å²) in [6.45, 7) is 2.25. The van der Waals surface area contributed by atoms with E-state index in [9.17, 15) is 9.59 Å². The van der Waals surface area contributed by atoms with Gasteiger partial charge in [-0.1, -0.05) is 23.7 Å². The molecule has 0 aromatic heterocycles. The quantitative estimate of drug-likeness (QED) is 0.428. The van der Waals surface area contributed by atoms with Crippen molar-refractivity contribution < 1.29 is 28.5 Å². The lowest BCUT2D eigenvalue weighted by Gasteiger charge is -2.14. The Morgan fingerprint density at radius 1 is 0.829 bits per heavy atom. The van der Waals surface area contributed by atoms with Gasteiger partial charge in [-0.05, 0) is 66.1 Å². The monoisotopic (exact) mass is 498 g/mol. The van der Waals surface area contributed by atoms with Crippen LogP contribution in [0.3, 0.4) is 0 Å². The third-order valence-electron chi connectivity index (χ3n) is 5.16. The molecule has 2 amide bonds. The molecule has 0 saturated heterocycles. The number of halogens is 1. The van der Waals surface area contributed by atoms with Gasteiger partial charge in [-0.15, -0.1) is 0 Å². The SMILES string of the molecule is COc1cc(CC(=O)NNC(=O)c2ccc(COc3ccc(Cl)c(C)c3)cc2)cc(OC)c1OC. The normalized spacial score (nSPS) is 10.3. The fourth-order valence-electron chi connectivity index (χ4n) is 3.29. The molecule has 0 aliphatic rings. The maximum atomic E-state index is 12.4. The fraction of sp³-hybridized carbons (Fsp3) is 0.231. The highest BCUT2D eigenvalue weighted by atomic mass is 35.5. The van der Waals surface area contributed by atoms with Crippen LogP contribution in [0.1, 0.15) is 27.0 Å². The van der Waals surface area contributed by atoms with Gasteiger partial charge in [0.05, 0.1) is 27.8 Å². The van der Waals surface area contributed by atoms with E-state index in [0.29, 0.717) is 45.8 Å². The van der Waals surface area contributed by atoms with Gasteiger partial charge in [-0.3, -0.25) is 20.4 Å². The Morgan fingerprint density at radius 2 is 1.49 bits per heavy atom. The first-order valence-corrected chi connectivity index (χ1v) is 11.1. The highest BCUT2D eigenvalue weighted by molar-refractivity contribution is 6.31. The zero-order valence-electron chi connectivity index (χ0n) is 19.9. The minimum absolute atomic E-state index is 0.00254. The first-order chi connectivity index (χ1) is 16.8. The van der Waals surface area contributed by atoms with E-state index in [4.69, 9.17) is 30.5 Å². The molecule has 0 unspecified atom stereocenters. The number of nitrogens with one attached hydrogen (secondary N) is 2. The Balaban J connectivity index is 1.52. The molecule has 0 heterocycles. The van der Waals surface area contributed by atoms with Crippen molar-refractivity contribution in [2.45, 2.75) is 20.0 Å². The number of benzene rings is 3. The van der Waals surface area contributed by atoms with Crippen LogP contribution >= 0.6 is 11.6 Å². The van der Waals surface area contributed by atoms with E-state index in [1.54, 1.807) is 48.5 Å². The topological polar surface area (TPSA) is 95.1 Å². The summed E-state index contributed by atoms with van der Waals surface area (Å²) in [5.41, 5.74) is 7.68. The Bertz CT molecular complexity index is 1170. The lowest BCUT2D eigenvalue weighted by molar-refractivity contribution is -0.121. The Kier molecular flexibility index (Phi) is 8.80. The zero-order valence-corrected chi connectivity index (χ0v) is 20.7. The van der Waals surface area contributed by atoms with Gasteiger partial charge in [0.15, 0.2) is 11.5 Å². The first-order valence-electron chi connectivity index (χ1n) is 10.7. The predicted molar refractivity (Wildman–Crippen MR) is 132 cm³/mol. The van der Waals surface area contributed by atoms with Crippen LogP contribution in [0.15, 0.2) is 54.6 Å². The van der Waals surface area contributed by atoms with Crippen LogP contribution in [0.25, 0.3) is 0 Å². The fourth-order valence-corrected chi connectivity index (χ4v) is 3.41. The average molecular weight is 499 g/mol. The number of carbonyl (C=O) groups is 2. The van der Waals surface area contributed by atoms with E-state index in [-0.39, 0.29) is 6.42 Å². The number of rotatable bonds is 9. The van der Waals surface area contributed by atoms with Gasteiger partial charge in [0.25, 0.3) is 5.91 Å². The Morgan fingerprint density at radius 3 is 2.06 bits per heavy atom. The van der Waals surface area contributed by atoms with Crippen molar-refractivity contribution in [3.8, 4) is 23.0 Å². The van der Waals surface area contributed by atoms with E-state index in [1.165, 1.54) is 21.3 Å². The summed E-state index contributed by atoms with van der Waals surface area (Å²) >= 11 is 6.03. The molecule has 0 radical (unpaired) electrons. The van der Waals surface area contributed by atoms with Crippen LogP contribution in [-0.4, -0.2) is 33.1 Å². The number of hydrogen-bond donors (Lipinski definition) is 2. The number of aryl methyl sites for hydroxylation is 1. The average Bonchev–Trinajstić information content (AvgIpc) is 2.87. The summed E-state index contributed by atoms with van der Waals surface area (Å²) < 4.78 is 21.6. The molecule has 0 atom stereocenters. The van der Waals surface area contributed by atoms with Crippen molar-refractivity contribution in [3.05, 3.63) is 81.9 Å². The van der Waals surface area contributed by atoms with Gasteiger partial charge in [0.2, 0.25) is 11.7 Å². The van der Waals surface area contributed by atoms with Crippen LogP contribution < -0.4 is 29.8 Å². The van der Waals surface area contributed by atoms with E-state index >= 15 is 0 Å². The van der Waals surface area contributed by atoms with Crippen molar-refractivity contribution in [2.24, 2.45) is 0 Å². The predicted octanol–water partition coefficient (Wildman–Crippen LogP) is 4.26. The van der Waals surface area contributed by atoms with Crippen molar-refractivity contribution in [1.82, 2.24) is 10.9 Å². The first kappa shape index (κ1) is 25.7. The number of amides is 2. The summed E-state index contributed by atoms with van der Waals surface area (Å²) in [6.07, 6.45) is -0.00254. The summed E-state index contributed by atoms with van der Waals surface area (Å²) in [6, 6.07) is 15.7. The van der Waals surface area contributed by atoms with Gasteiger partial charge in [0, 0.05) is 10.6 Å². The third-order valence-corrected chi connectivity index (χ3v) is 5.58. The molecule has 8 nitrogen and oxygen atoms in total. The van der Waals surface area contributed by atoms with Crippen LogP contribution in [0, 0.1) is 6.92 Å². The van der Waals surface area contributed by atoms with Crippen LogP contribution in [0.2, 0.25) is 5.02 Å². The van der Waals surface area contributed by atoms with Gasteiger partial charge in [-0.25, -0.2) is 0 Å². The summed E-state index contributed by atoms with van der Waals surface area (Å²) in [7, 11) is 4.50. The number of hydrazine groups is 1. The number of methoxy groups -OCH3 is 3. The molecular formula is C26H27ClN2O6. The van der Waals surface area contributed by atoms with E-state index in [1.807, 2.05) is 13.0 Å². The molecule has 0 spiro atoms. The van der Waals surface area contributed by atoms with Gasteiger partial charge < -0.3 is 18.9 Å². The smallest absolute Gasteiger partial charge is 0.269 e. The number of carbonyl (C=O) groups excluding carboxylic acids is 2. The van der Waals surface area contributed by atoms with Crippen molar-refractivity contribution >= 4 is 23.4 Å². The van der Waals surface area contributed by atoms with Crippen LogP contribution in [0.4, 0.5) is 0 Å². The van der Waals surface area contributed by atoms with Gasteiger partial charge >= 0.3 is 0 Å². The second kappa shape index (κ2) is 12.0. The molecule has 35 heavy (non-hydrogen) atoms. The van der Waals surface area contributed by atoms with Crippen LogP contribution in [-0.2, 0) is 17.8 Å². The van der Waals surface area contributed by atoms with E-state index in [0.717, 1.165) is 11.1 Å². The molecule has 0 aliphatic carbocycles. The second-order valence-electron chi connectivity index (χ2n) is 7.61. The molecule has 0 saturated carbocycles. The third kappa shape index (κ3) is 6.80. The largest absolute Gasteiger partial charge is 0.493 e. The minimum atomic E-state index is -0.441. The molecule has 2 N–H and O–H groups in total. The molecule has 184 valence electrons. The standard InChI is InChI=1S/C26H27ClN2O6/c1-16-11-20(9-10-21(16)27)35-15-17-5-7-19(8-6-17)26(31)29-28-24(30)14-18-12-22(32-2)25(34-4)23(13-18)33-3/h5-13H,14-15H2,1-4H3,(H,28,30)(H,29,31). The molecule has 0 fully saturated rings. The van der Waals surface area contributed by atoms with Crippen molar-refractivity contribution in [3.63, 3.8) is 0 Å². The molecule has 3 aromatic carbocycles. The maximum absolute atomic E-state index is 12.4. The Labute approximate surface area is 209 Å². The van der Waals surface area contributed by atoms with Crippen LogP contribution in [0.5, 0.6) is 23.0 Å². The zero-order chi connectivity index (χ0) is 25.4. The summed E-state index contributed by atoms with van der Waals surface area (Å²) in [5, 5.41) is 0.684. The highest BCUT2D eigenvalue weighted by Gasteiger charge is 2.15. The van der Waals surface area contributed by atoms with Crippen molar-refractivity contribution in [2.75, 3.05) is 21.3 Å². The molecule has 3 rings (SSSR count). The summed E-state index contributed by atoms with van der Waals surface area (Å²) in [5.74, 6) is 1.18. The highest BCUT2D eigenvalue weighted by Crippen LogP contribution is 2.38. The molecule has 0 bridgehead atoms. The summed E-state index contributed by atoms with van der Waals surface area (Å²) in [4.78, 5) is 24.8. The van der Waals surface area contributed by atoms with Gasteiger partial charge in [-0.2, -0.15) is 0 Å². The molecule has 9 heteroatoms. The molecule has 3 aromatic rings. The van der Waals surface area contributed by atoms with Crippen molar-refractivity contribution in [1.29, 1.82) is 0 Å². The molecular weight excluding hydrogens is 472 g/mol. The molecule has 0 aliphatic heterocycles. The van der Waals surface area contributed by atoms with E-state index in [2.05, 4.69) is 10.9 Å². The second-order valence-corrected chi connectivity index (χ2v) is 8.02. The maximum Gasteiger partial charge on any atom is 0.269 e. The number of ether oxygens (including phenoxy) is 4. The lowest BCUT2D eigenvalue weighted by atomic mass is 10.1. The van der Waals surface area contributed by atoms with E-state index < -0.39 is 11.8 Å². The van der Waals surface area contributed by atoms with Gasteiger partial charge in [0.1, 0.15) is 12.4 Å². The minimum Gasteiger partial charge on any atom is -0.493 e. The Hall–Kier alpha value is -3.91. The number of hydrogen-bond acceptors (Lipinski definition) is 6.